The molecule has 0 amide bonds. The summed E-state index contributed by atoms with van der Waals surface area (Å²) in [5, 5.41) is 12.7. The molecule has 4 heteroatoms. The van der Waals surface area contributed by atoms with Crippen molar-refractivity contribution in [3.63, 3.8) is 0 Å². The number of hydrogen-bond acceptors (Lipinski definition) is 3. The van der Waals surface area contributed by atoms with Crippen LogP contribution < -0.4 is 10.2 Å². The lowest BCUT2D eigenvalue weighted by Crippen LogP contribution is -2.39. The minimum Gasteiger partial charge on any atom is -0.369 e. The van der Waals surface area contributed by atoms with E-state index in [1.165, 1.54) is 37.8 Å². The zero-order chi connectivity index (χ0) is 13.9. The van der Waals surface area contributed by atoms with E-state index in [9.17, 15) is 9.65 Å². The maximum atomic E-state index is 13.3. The van der Waals surface area contributed by atoms with Gasteiger partial charge in [0.1, 0.15) is 11.9 Å². The van der Waals surface area contributed by atoms with Crippen LogP contribution in [0.3, 0.4) is 0 Å². The van der Waals surface area contributed by atoms with Crippen molar-refractivity contribution in [1.29, 1.82) is 5.26 Å². The first-order valence-electron chi connectivity index (χ1n) is 7.44. The van der Waals surface area contributed by atoms with Crippen LogP contribution in [0.15, 0.2) is 18.2 Å². The standard InChI is InChI=1S/C16H20FN3/c17-14-5-6-16(13(8-14)9-18)20(10-12-3-4-12)11-15-2-1-7-19-15/h5-6,8,12,15,19H,1-4,7,10-11H2. The summed E-state index contributed by atoms with van der Waals surface area (Å²) in [6.07, 6.45) is 4.95. The van der Waals surface area contributed by atoms with Crippen molar-refractivity contribution in [3.05, 3.63) is 29.6 Å². The van der Waals surface area contributed by atoms with Crippen LogP contribution in [-0.4, -0.2) is 25.7 Å². The van der Waals surface area contributed by atoms with E-state index < -0.39 is 0 Å². The molecule has 2 aliphatic rings. The average molecular weight is 273 g/mol. The molecule has 1 aromatic carbocycles. The van der Waals surface area contributed by atoms with E-state index in [0.29, 0.717) is 11.6 Å². The quantitative estimate of drug-likeness (QED) is 0.896. The molecule has 1 unspecified atom stereocenters. The number of nitrogens with zero attached hydrogens (tertiary/aromatic N) is 2. The maximum absolute atomic E-state index is 13.3. The van der Waals surface area contributed by atoms with Crippen LogP contribution in [0.4, 0.5) is 10.1 Å². The van der Waals surface area contributed by atoms with E-state index in [1.54, 1.807) is 6.07 Å². The molecule has 1 aliphatic carbocycles. The van der Waals surface area contributed by atoms with Crippen molar-refractivity contribution in [2.75, 3.05) is 24.5 Å². The summed E-state index contributed by atoms with van der Waals surface area (Å²) < 4.78 is 13.3. The second-order valence-corrected chi connectivity index (χ2v) is 5.91. The molecular weight excluding hydrogens is 253 g/mol. The first-order chi connectivity index (χ1) is 9.76. The SMILES string of the molecule is N#Cc1cc(F)ccc1N(CC1CC1)CC1CCCN1. The van der Waals surface area contributed by atoms with Crippen LogP contribution in [0.2, 0.25) is 0 Å². The average Bonchev–Trinajstić information content (AvgIpc) is 3.11. The monoisotopic (exact) mass is 273 g/mol. The minimum atomic E-state index is -0.337. The lowest BCUT2D eigenvalue weighted by Gasteiger charge is -2.28. The first-order valence-corrected chi connectivity index (χ1v) is 7.44. The van der Waals surface area contributed by atoms with Crippen molar-refractivity contribution in [2.24, 2.45) is 5.92 Å². The van der Waals surface area contributed by atoms with Crippen molar-refractivity contribution < 1.29 is 4.39 Å². The Labute approximate surface area is 119 Å². The predicted molar refractivity (Wildman–Crippen MR) is 77.1 cm³/mol. The molecule has 1 heterocycles. The molecular formula is C16H20FN3. The van der Waals surface area contributed by atoms with E-state index in [1.807, 2.05) is 0 Å². The van der Waals surface area contributed by atoms with Gasteiger partial charge >= 0.3 is 0 Å². The molecule has 1 N–H and O–H groups in total. The molecule has 1 aliphatic heterocycles. The summed E-state index contributed by atoms with van der Waals surface area (Å²) in [6.45, 7) is 2.98. The number of nitriles is 1. The van der Waals surface area contributed by atoms with E-state index in [2.05, 4.69) is 16.3 Å². The fraction of sp³-hybridized carbons (Fsp3) is 0.562. The molecule has 1 saturated heterocycles. The highest BCUT2D eigenvalue weighted by Crippen LogP contribution is 2.33. The molecule has 2 fully saturated rings. The smallest absolute Gasteiger partial charge is 0.124 e. The van der Waals surface area contributed by atoms with Gasteiger partial charge in [-0.1, -0.05) is 0 Å². The van der Waals surface area contributed by atoms with Gasteiger partial charge in [0, 0.05) is 19.1 Å². The summed E-state index contributed by atoms with van der Waals surface area (Å²) in [5.41, 5.74) is 1.33. The zero-order valence-electron chi connectivity index (χ0n) is 11.6. The van der Waals surface area contributed by atoms with Gasteiger partial charge < -0.3 is 10.2 Å². The Morgan fingerprint density at radius 3 is 2.80 bits per heavy atom. The van der Waals surface area contributed by atoms with Crippen LogP contribution >= 0.6 is 0 Å². The largest absolute Gasteiger partial charge is 0.369 e. The van der Waals surface area contributed by atoms with Gasteiger partial charge in [0.2, 0.25) is 0 Å². The van der Waals surface area contributed by atoms with Crippen molar-refractivity contribution in [3.8, 4) is 6.07 Å². The first kappa shape index (κ1) is 13.4. The van der Waals surface area contributed by atoms with Gasteiger partial charge in [0.15, 0.2) is 0 Å². The fourth-order valence-corrected chi connectivity index (χ4v) is 2.94. The van der Waals surface area contributed by atoms with Gasteiger partial charge in [0.25, 0.3) is 0 Å². The normalized spacial score (nSPS) is 21.7. The van der Waals surface area contributed by atoms with Crippen LogP contribution in [0, 0.1) is 23.1 Å². The topological polar surface area (TPSA) is 39.1 Å². The van der Waals surface area contributed by atoms with Crippen molar-refractivity contribution >= 4 is 5.69 Å². The molecule has 106 valence electrons. The number of anilines is 1. The van der Waals surface area contributed by atoms with Gasteiger partial charge in [-0.05, 0) is 56.3 Å². The number of rotatable bonds is 5. The highest BCUT2D eigenvalue weighted by molar-refractivity contribution is 5.59. The maximum Gasteiger partial charge on any atom is 0.124 e. The summed E-state index contributed by atoms with van der Waals surface area (Å²) in [6, 6.07) is 7.18. The predicted octanol–water partition coefficient (Wildman–Crippen LogP) is 2.67. The third kappa shape index (κ3) is 3.10. The summed E-state index contributed by atoms with van der Waals surface area (Å²) in [4.78, 5) is 2.28. The zero-order valence-corrected chi connectivity index (χ0v) is 11.6. The molecule has 0 spiro atoms. The van der Waals surface area contributed by atoms with E-state index in [-0.39, 0.29) is 5.82 Å². The summed E-state index contributed by atoms with van der Waals surface area (Å²) >= 11 is 0. The lowest BCUT2D eigenvalue weighted by molar-refractivity contribution is 0.569. The molecule has 0 aromatic heterocycles. The highest BCUT2D eigenvalue weighted by atomic mass is 19.1. The Balaban J connectivity index is 1.81. The number of hydrogen-bond donors (Lipinski definition) is 1. The Morgan fingerprint density at radius 1 is 1.30 bits per heavy atom. The molecule has 1 saturated carbocycles. The molecule has 0 radical (unpaired) electrons. The summed E-state index contributed by atoms with van der Waals surface area (Å²) in [5.74, 6) is 0.406. The fourth-order valence-electron chi connectivity index (χ4n) is 2.94. The Morgan fingerprint density at radius 2 is 2.15 bits per heavy atom. The third-order valence-electron chi connectivity index (χ3n) is 4.20. The van der Waals surface area contributed by atoms with Gasteiger partial charge in [-0.25, -0.2) is 4.39 Å². The van der Waals surface area contributed by atoms with E-state index >= 15 is 0 Å². The van der Waals surface area contributed by atoms with Crippen LogP contribution in [0.1, 0.15) is 31.2 Å². The summed E-state index contributed by atoms with van der Waals surface area (Å²) in [7, 11) is 0. The lowest BCUT2D eigenvalue weighted by atomic mass is 10.1. The molecule has 20 heavy (non-hydrogen) atoms. The van der Waals surface area contributed by atoms with Gasteiger partial charge in [-0.3, -0.25) is 0 Å². The second-order valence-electron chi connectivity index (χ2n) is 5.91. The Hall–Kier alpha value is -1.60. The number of nitrogens with one attached hydrogen (secondary N) is 1. The number of benzene rings is 1. The van der Waals surface area contributed by atoms with Gasteiger partial charge in [-0.2, -0.15) is 5.26 Å². The van der Waals surface area contributed by atoms with E-state index in [4.69, 9.17) is 0 Å². The molecule has 1 aromatic rings. The molecule has 1 atom stereocenters. The minimum absolute atomic E-state index is 0.337. The molecule has 3 nitrogen and oxygen atoms in total. The number of halogens is 1. The Bertz CT molecular complexity index is 513. The van der Waals surface area contributed by atoms with Crippen molar-refractivity contribution in [1.82, 2.24) is 5.32 Å². The van der Waals surface area contributed by atoms with Crippen molar-refractivity contribution in [2.45, 2.75) is 31.7 Å². The highest BCUT2D eigenvalue weighted by Gasteiger charge is 2.27. The Kier molecular flexibility index (Phi) is 3.88. The molecule has 3 rings (SSSR count). The van der Waals surface area contributed by atoms with Crippen LogP contribution in [-0.2, 0) is 0 Å². The van der Waals surface area contributed by atoms with Gasteiger partial charge in [0.05, 0.1) is 11.3 Å². The van der Waals surface area contributed by atoms with Crippen LogP contribution in [0.25, 0.3) is 0 Å². The van der Waals surface area contributed by atoms with E-state index in [0.717, 1.165) is 31.2 Å². The molecule has 0 bridgehead atoms. The van der Waals surface area contributed by atoms with Gasteiger partial charge in [-0.15, -0.1) is 0 Å². The van der Waals surface area contributed by atoms with Crippen LogP contribution in [0.5, 0.6) is 0 Å². The third-order valence-corrected chi connectivity index (χ3v) is 4.20. The second kappa shape index (κ2) is 5.80.